The first-order valence-electron chi connectivity index (χ1n) is 10.5. The summed E-state index contributed by atoms with van der Waals surface area (Å²) in [6, 6.07) is 11.1. The van der Waals surface area contributed by atoms with Crippen LogP contribution < -0.4 is 14.7 Å². The maximum absolute atomic E-state index is 12.3. The Morgan fingerprint density at radius 1 is 0.880 bits per heavy atom. The lowest BCUT2D eigenvalue weighted by Gasteiger charge is -2.56. The molecule has 5 aliphatic heterocycles. The summed E-state index contributed by atoms with van der Waals surface area (Å²) in [5, 5.41) is 12.3. The Hall–Kier alpha value is -0.940. The van der Waals surface area contributed by atoms with Gasteiger partial charge in [-0.25, -0.2) is 0 Å². The third-order valence-electron chi connectivity index (χ3n) is 7.92. The standard InChI is InChI=1S/C21H31N3O/c25-21(17-22-9-5-2-6-10-22)19-13-23-11-12-24(14-19)16-20(21,15-23)18-7-3-1-4-8-18/h1,3-4,7-8,19,25H,2,5-6,9-17H2/p+3/t19?,20?,21-/m1/s1. The van der Waals surface area contributed by atoms with E-state index < -0.39 is 5.60 Å². The third-order valence-corrected chi connectivity index (χ3v) is 7.92. The average Bonchev–Trinajstić information content (AvgIpc) is 2.91. The molecule has 4 heteroatoms. The van der Waals surface area contributed by atoms with Crippen molar-refractivity contribution in [2.75, 3.05) is 58.9 Å². The van der Waals surface area contributed by atoms with Gasteiger partial charge in [0.1, 0.15) is 30.7 Å². The molecule has 0 aliphatic carbocycles. The van der Waals surface area contributed by atoms with Crippen molar-refractivity contribution < 1.29 is 19.8 Å². The molecule has 3 atom stereocenters. The van der Waals surface area contributed by atoms with Crippen LogP contribution in [0.4, 0.5) is 0 Å². The van der Waals surface area contributed by atoms with E-state index in [1.54, 1.807) is 14.7 Å². The molecule has 5 aliphatic rings. The first kappa shape index (κ1) is 16.2. The predicted octanol–water partition coefficient (Wildman–Crippen LogP) is -2.85. The summed E-state index contributed by atoms with van der Waals surface area (Å²) in [5.41, 5.74) is 0.814. The molecule has 5 heterocycles. The Balaban J connectivity index is 1.57. The van der Waals surface area contributed by atoms with Gasteiger partial charge in [-0.05, 0) is 24.8 Å². The lowest BCUT2D eigenvalue weighted by Crippen LogP contribution is -3.22. The Kier molecular flexibility index (Phi) is 3.93. The van der Waals surface area contributed by atoms with Gasteiger partial charge >= 0.3 is 0 Å². The van der Waals surface area contributed by atoms with Crippen LogP contribution in [0.3, 0.4) is 0 Å². The summed E-state index contributed by atoms with van der Waals surface area (Å²) in [6.45, 7) is 10.7. The number of benzene rings is 1. The molecular formula is C21H34N3O+3. The number of likely N-dealkylation sites (tertiary alicyclic amines) is 1. The highest BCUT2D eigenvalue weighted by Gasteiger charge is 2.69. The molecule has 0 amide bonds. The number of hydrogen-bond donors (Lipinski definition) is 4. The molecule has 6 rings (SSSR count). The van der Waals surface area contributed by atoms with E-state index in [4.69, 9.17) is 0 Å². The van der Waals surface area contributed by atoms with Crippen LogP contribution in [0.25, 0.3) is 0 Å². The minimum absolute atomic E-state index is 0.0545. The SMILES string of the molecule is O[C@]1(C[NH+]2CCCCC2)C2C[NH+]3CC[NH+](C2)CC1(c1ccccc1)C3. The second-order valence-corrected chi connectivity index (χ2v) is 9.32. The van der Waals surface area contributed by atoms with Gasteiger partial charge < -0.3 is 19.8 Å². The minimum Gasteiger partial charge on any atom is -0.382 e. The van der Waals surface area contributed by atoms with Crippen molar-refractivity contribution in [3.63, 3.8) is 0 Å². The van der Waals surface area contributed by atoms with Crippen molar-refractivity contribution in [3.05, 3.63) is 35.9 Å². The van der Waals surface area contributed by atoms with Crippen LogP contribution in [0.1, 0.15) is 24.8 Å². The van der Waals surface area contributed by atoms with E-state index in [2.05, 4.69) is 30.3 Å². The number of rotatable bonds is 3. The van der Waals surface area contributed by atoms with Crippen molar-refractivity contribution in [2.45, 2.75) is 30.3 Å². The molecular weight excluding hydrogens is 310 g/mol. The van der Waals surface area contributed by atoms with Crippen LogP contribution in [0.15, 0.2) is 30.3 Å². The Labute approximate surface area is 151 Å². The summed E-state index contributed by atoms with van der Waals surface area (Å²) in [7, 11) is 0. The van der Waals surface area contributed by atoms with E-state index in [1.165, 1.54) is 64.1 Å². The second kappa shape index (κ2) is 6.05. The normalized spacial score (nSPS) is 44.0. The maximum Gasteiger partial charge on any atom is 0.147 e. The van der Waals surface area contributed by atoms with Crippen molar-refractivity contribution in [1.82, 2.24) is 0 Å². The van der Waals surface area contributed by atoms with E-state index in [0.717, 1.165) is 19.6 Å². The number of nitrogens with one attached hydrogen (secondary N) is 3. The van der Waals surface area contributed by atoms with Crippen molar-refractivity contribution in [2.24, 2.45) is 5.92 Å². The number of fused-ring (bicyclic) bond motifs is 1. The van der Waals surface area contributed by atoms with Crippen LogP contribution in [-0.4, -0.2) is 69.6 Å². The van der Waals surface area contributed by atoms with Crippen molar-refractivity contribution in [3.8, 4) is 0 Å². The first-order chi connectivity index (χ1) is 12.2. The largest absolute Gasteiger partial charge is 0.382 e. The van der Waals surface area contributed by atoms with Crippen molar-refractivity contribution >= 4 is 0 Å². The number of aliphatic hydroxyl groups is 1. The third kappa shape index (κ3) is 2.49. The fraction of sp³-hybridized carbons (Fsp3) is 0.714. The molecule has 2 unspecified atom stereocenters. The molecule has 0 spiro atoms. The van der Waals surface area contributed by atoms with Crippen molar-refractivity contribution in [1.29, 1.82) is 0 Å². The van der Waals surface area contributed by atoms with Gasteiger partial charge in [-0.2, -0.15) is 0 Å². The highest BCUT2D eigenvalue weighted by molar-refractivity contribution is 5.33. The quantitative estimate of drug-likeness (QED) is 0.468. The van der Waals surface area contributed by atoms with Gasteiger partial charge in [0, 0.05) is 0 Å². The van der Waals surface area contributed by atoms with Gasteiger partial charge in [-0.3, -0.25) is 0 Å². The zero-order valence-electron chi connectivity index (χ0n) is 15.4. The fourth-order valence-electron chi connectivity index (χ4n) is 6.73. The van der Waals surface area contributed by atoms with E-state index in [9.17, 15) is 5.11 Å². The van der Waals surface area contributed by atoms with Gasteiger partial charge in [0.15, 0.2) is 0 Å². The summed E-state index contributed by atoms with van der Waals surface area (Å²) >= 11 is 0. The smallest absolute Gasteiger partial charge is 0.147 e. The maximum atomic E-state index is 12.3. The summed E-state index contributed by atoms with van der Waals surface area (Å²) in [4.78, 5) is 5.13. The molecule has 25 heavy (non-hydrogen) atoms. The van der Waals surface area contributed by atoms with Gasteiger partial charge in [0.25, 0.3) is 0 Å². The molecule has 4 bridgehead atoms. The van der Waals surface area contributed by atoms with Gasteiger partial charge in [-0.1, -0.05) is 30.3 Å². The second-order valence-electron chi connectivity index (χ2n) is 9.32. The average molecular weight is 345 g/mol. The van der Waals surface area contributed by atoms with Crippen LogP contribution >= 0.6 is 0 Å². The van der Waals surface area contributed by atoms with E-state index >= 15 is 0 Å². The molecule has 0 saturated carbocycles. The van der Waals surface area contributed by atoms with Crippen LogP contribution in [0.2, 0.25) is 0 Å². The Morgan fingerprint density at radius 3 is 2.16 bits per heavy atom. The Bertz CT molecular complexity index is 599. The highest BCUT2D eigenvalue weighted by Crippen LogP contribution is 2.42. The lowest BCUT2D eigenvalue weighted by molar-refractivity contribution is -0.936. The molecule has 4 N–H and O–H groups in total. The zero-order valence-corrected chi connectivity index (χ0v) is 15.4. The summed E-state index contributed by atoms with van der Waals surface area (Å²) in [6.07, 6.45) is 4.05. The van der Waals surface area contributed by atoms with Crippen LogP contribution in [0.5, 0.6) is 0 Å². The summed E-state index contributed by atoms with van der Waals surface area (Å²) < 4.78 is 0. The lowest BCUT2D eigenvalue weighted by atomic mass is 9.57. The van der Waals surface area contributed by atoms with Crippen LogP contribution in [0, 0.1) is 5.92 Å². The van der Waals surface area contributed by atoms with E-state index in [0.29, 0.717) is 5.92 Å². The predicted molar refractivity (Wildman–Crippen MR) is 97.1 cm³/mol. The highest BCUT2D eigenvalue weighted by atomic mass is 16.3. The van der Waals surface area contributed by atoms with Crippen LogP contribution in [-0.2, 0) is 5.41 Å². The monoisotopic (exact) mass is 344 g/mol. The topological polar surface area (TPSA) is 33.6 Å². The number of hydrogen-bond acceptors (Lipinski definition) is 1. The molecule has 0 radical (unpaired) electrons. The van der Waals surface area contributed by atoms with Gasteiger partial charge in [0.05, 0.1) is 45.2 Å². The molecule has 4 nitrogen and oxygen atoms in total. The molecule has 1 aromatic rings. The number of quaternary nitrogens is 3. The minimum atomic E-state index is -0.529. The number of piperidine rings is 3. The zero-order chi connectivity index (χ0) is 16.9. The van der Waals surface area contributed by atoms with Gasteiger partial charge in [0.2, 0.25) is 0 Å². The van der Waals surface area contributed by atoms with E-state index in [1.807, 2.05) is 0 Å². The molecule has 136 valence electrons. The first-order valence-corrected chi connectivity index (χ1v) is 10.5. The summed E-state index contributed by atoms with van der Waals surface area (Å²) in [5.74, 6) is 0.456. The molecule has 0 aromatic heterocycles. The van der Waals surface area contributed by atoms with E-state index in [-0.39, 0.29) is 5.41 Å². The molecule has 5 saturated heterocycles. The molecule has 5 fully saturated rings. The van der Waals surface area contributed by atoms with Gasteiger partial charge in [-0.15, -0.1) is 0 Å². The fourth-order valence-corrected chi connectivity index (χ4v) is 6.73. The Morgan fingerprint density at radius 2 is 1.52 bits per heavy atom. The molecule has 1 aromatic carbocycles.